The molecule has 2 aliphatic rings. The summed E-state index contributed by atoms with van der Waals surface area (Å²) in [5, 5.41) is 0. The fraction of sp³-hybridized carbons (Fsp3) is 0.500. The average molecular weight is 302 g/mol. The Morgan fingerprint density at radius 3 is 2.76 bits per heavy atom. The van der Waals surface area contributed by atoms with Crippen LogP contribution in [0, 0.1) is 5.82 Å². The Kier molecular flexibility index (Phi) is 3.39. The summed E-state index contributed by atoms with van der Waals surface area (Å²) < 4.78 is 57.1. The van der Waals surface area contributed by atoms with Gasteiger partial charge in [0.1, 0.15) is 17.8 Å². The van der Waals surface area contributed by atoms with Crippen molar-refractivity contribution < 1.29 is 22.3 Å². The van der Waals surface area contributed by atoms with E-state index in [1.807, 2.05) is 0 Å². The maximum absolute atomic E-state index is 13.9. The maximum atomic E-state index is 13.9. The van der Waals surface area contributed by atoms with Crippen molar-refractivity contribution in [2.45, 2.75) is 43.7 Å². The lowest BCUT2D eigenvalue weighted by molar-refractivity contribution is -0.140. The van der Waals surface area contributed by atoms with Crippen molar-refractivity contribution in [3.8, 4) is 0 Å². The summed E-state index contributed by atoms with van der Waals surface area (Å²) in [5.74, 6) is -0.765. The highest BCUT2D eigenvalue weighted by Crippen LogP contribution is 2.35. The molecule has 0 aromatic heterocycles. The third-order valence-electron chi connectivity index (χ3n) is 3.84. The zero-order valence-electron chi connectivity index (χ0n) is 11.0. The van der Waals surface area contributed by atoms with E-state index in [0.717, 1.165) is 6.07 Å². The normalized spacial score (nSPS) is 28.0. The largest absolute Gasteiger partial charge is 0.419 e. The SMILES string of the molecule is NC1=N[C@@H](CCc2cccc(C(F)(F)F)c2F)CC2OC12. The fourth-order valence-corrected chi connectivity index (χ4v) is 2.68. The molecule has 2 heterocycles. The first-order chi connectivity index (χ1) is 9.86. The zero-order valence-corrected chi connectivity index (χ0v) is 11.0. The van der Waals surface area contributed by atoms with Gasteiger partial charge < -0.3 is 10.5 Å². The molecule has 3 atom stereocenters. The van der Waals surface area contributed by atoms with Gasteiger partial charge in [0.2, 0.25) is 0 Å². The molecule has 1 aromatic carbocycles. The summed E-state index contributed by atoms with van der Waals surface area (Å²) in [4.78, 5) is 4.25. The number of nitrogens with zero attached hydrogens (tertiary/aromatic N) is 1. The molecule has 0 bridgehead atoms. The van der Waals surface area contributed by atoms with Crippen LogP contribution in [0.3, 0.4) is 0 Å². The highest BCUT2D eigenvalue weighted by molar-refractivity contribution is 5.88. The van der Waals surface area contributed by atoms with E-state index in [0.29, 0.717) is 18.7 Å². The Bertz CT molecular complexity index is 585. The van der Waals surface area contributed by atoms with Crippen LogP contribution in [-0.2, 0) is 17.3 Å². The zero-order chi connectivity index (χ0) is 15.2. The van der Waals surface area contributed by atoms with Crippen LogP contribution in [-0.4, -0.2) is 24.1 Å². The molecule has 1 saturated heterocycles. The second-order valence-corrected chi connectivity index (χ2v) is 5.35. The summed E-state index contributed by atoms with van der Waals surface area (Å²) in [5.41, 5.74) is 4.52. The summed E-state index contributed by atoms with van der Waals surface area (Å²) in [6.07, 6.45) is -3.38. The number of nitrogens with two attached hydrogens (primary N) is 1. The molecule has 2 unspecified atom stereocenters. The monoisotopic (exact) mass is 302 g/mol. The standard InChI is InChI=1S/C14H14F4N2O/c15-11-7(2-1-3-9(11)14(16,17)18)4-5-8-6-10-12(21-10)13(19)20-8/h1-3,8,10,12H,4-6H2,(H2,19,20)/t8-,10?,12?/m0/s1. The van der Waals surface area contributed by atoms with Crippen molar-refractivity contribution in [2.75, 3.05) is 0 Å². The molecule has 0 amide bonds. The van der Waals surface area contributed by atoms with Gasteiger partial charge >= 0.3 is 6.18 Å². The van der Waals surface area contributed by atoms with Crippen molar-refractivity contribution in [2.24, 2.45) is 10.7 Å². The molecular weight excluding hydrogens is 288 g/mol. The van der Waals surface area contributed by atoms with Gasteiger partial charge in [-0.15, -0.1) is 0 Å². The molecule has 2 N–H and O–H groups in total. The maximum Gasteiger partial charge on any atom is 0.419 e. The van der Waals surface area contributed by atoms with Gasteiger partial charge in [-0.2, -0.15) is 13.2 Å². The first-order valence-electron chi connectivity index (χ1n) is 6.69. The number of rotatable bonds is 3. The van der Waals surface area contributed by atoms with Gasteiger partial charge in [0.25, 0.3) is 0 Å². The second kappa shape index (κ2) is 4.98. The first-order valence-corrected chi connectivity index (χ1v) is 6.69. The minimum Gasteiger partial charge on any atom is -0.385 e. The van der Waals surface area contributed by atoms with E-state index in [4.69, 9.17) is 10.5 Å². The predicted octanol–water partition coefficient (Wildman–Crippen LogP) is 2.67. The third kappa shape index (κ3) is 2.88. The van der Waals surface area contributed by atoms with Crippen molar-refractivity contribution in [1.82, 2.24) is 0 Å². The number of alkyl halides is 3. The molecule has 0 spiro atoms. The Hall–Kier alpha value is -1.63. The predicted molar refractivity (Wildman–Crippen MR) is 68.4 cm³/mol. The molecule has 0 radical (unpaired) electrons. The number of epoxide rings is 1. The molecule has 114 valence electrons. The van der Waals surface area contributed by atoms with Crippen molar-refractivity contribution in [3.63, 3.8) is 0 Å². The van der Waals surface area contributed by atoms with Crippen LogP contribution in [0.15, 0.2) is 23.2 Å². The van der Waals surface area contributed by atoms with Crippen molar-refractivity contribution in [1.29, 1.82) is 0 Å². The molecule has 3 nitrogen and oxygen atoms in total. The molecular formula is C14H14F4N2O. The van der Waals surface area contributed by atoms with E-state index >= 15 is 0 Å². The molecule has 1 aromatic rings. The van der Waals surface area contributed by atoms with Gasteiger partial charge in [-0.25, -0.2) is 4.39 Å². The summed E-state index contributed by atoms with van der Waals surface area (Å²) in [6, 6.07) is 3.22. The van der Waals surface area contributed by atoms with Gasteiger partial charge in [-0.1, -0.05) is 12.1 Å². The topological polar surface area (TPSA) is 50.9 Å². The average Bonchev–Trinajstić information content (AvgIpc) is 3.16. The molecule has 7 heteroatoms. The smallest absolute Gasteiger partial charge is 0.385 e. The number of benzene rings is 1. The summed E-state index contributed by atoms with van der Waals surface area (Å²) >= 11 is 0. The third-order valence-corrected chi connectivity index (χ3v) is 3.84. The lowest BCUT2D eigenvalue weighted by atomic mass is 9.97. The van der Waals surface area contributed by atoms with Gasteiger partial charge in [-0.05, 0) is 30.9 Å². The summed E-state index contributed by atoms with van der Waals surface area (Å²) in [6.45, 7) is 0. The van der Waals surface area contributed by atoms with Crippen LogP contribution in [0.25, 0.3) is 0 Å². The van der Waals surface area contributed by atoms with Crippen molar-refractivity contribution >= 4 is 5.84 Å². The minimum absolute atomic E-state index is 0.0532. The van der Waals surface area contributed by atoms with Crippen LogP contribution < -0.4 is 5.73 Å². The lowest BCUT2D eigenvalue weighted by Gasteiger charge is -2.16. The van der Waals surface area contributed by atoms with Crippen LogP contribution in [0.5, 0.6) is 0 Å². The van der Waals surface area contributed by atoms with Crippen molar-refractivity contribution in [3.05, 3.63) is 35.1 Å². The number of aliphatic imine (C=N–C) groups is 1. The molecule has 1 fully saturated rings. The fourth-order valence-electron chi connectivity index (χ4n) is 2.68. The molecule has 3 rings (SSSR count). The van der Waals surface area contributed by atoms with E-state index in [1.54, 1.807) is 0 Å². The highest BCUT2D eigenvalue weighted by Gasteiger charge is 2.46. The summed E-state index contributed by atoms with van der Waals surface area (Å²) in [7, 11) is 0. The Labute approximate surface area is 118 Å². The number of amidine groups is 1. The Morgan fingerprint density at radius 2 is 2.10 bits per heavy atom. The quantitative estimate of drug-likeness (QED) is 0.689. The number of hydrogen-bond donors (Lipinski definition) is 1. The number of ether oxygens (including phenoxy) is 1. The second-order valence-electron chi connectivity index (χ2n) is 5.35. The number of aryl methyl sites for hydroxylation is 1. The number of hydrogen-bond acceptors (Lipinski definition) is 3. The molecule has 21 heavy (non-hydrogen) atoms. The number of fused-ring (bicyclic) bond motifs is 1. The lowest BCUT2D eigenvalue weighted by Crippen LogP contribution is -2.29. The van der Waals surface area contributed by atoms with E-state index in [9.17, 15) is 17.6 Å². The van der Waals surface area contributed by atoms with Gasteiger partial charge in [0.15, 0.2) is 0 Å². The van der Waals surface area contributed by atoms with Gasteiger partial charge in [0, 0.05) is 0 Å². The minimum atomic E-state index is -4.68. The van der Waals surface area contributed by atoms with Gasteiger partial charge in [0.05, 0.1) is 17.7 Å². The van der Waals surface area contributed by atoms with E-state index in [1.165, 1.54) is 12.1 Å². The van der Waals surface area contributed by atoms with Crippen LogP contribution in [0.1, 0.15) is 24.0 Å². The van der Waals surface area contributed by atoms with Crippen LogP contribution >= 0.6 is 0 Å². The molecule has 0 aliphatic carbocycles. The highest BCUT2D eigenvalue weighted by atomic mass is 19.4. The van der Waals surface area contributed by atoms with Crippen LogP contribution in [0.4, 0.5) is 17.6 Å². The van der Waals surface area contributed by atoms with E-state index in [-0.39, 0.29) is 30.2 Å². The van der Waals surface area contributed by atoms with Gasteiger partial charge in [-0.3, -0.25) is 4.99 Å². The van der Waals surface area contributed by atoms with E-state index in [2.05, 4.69) is 4.99 Å². The molecule has 2 aliphatic heterocycles. The molecule has 0 saturated carbocycles. The Morgan fingerprint density at radius 1 is 1.33 bits per heavy atom. The first kappa shape index (κ1) is 14.3. The van der Waals surface area contributed by atoms with E-state index < -0.39 is 17.6 Å². The number of halogens is 4. The van der Waals surface area contributed by atoms with Crippen LogP contribution in [0.2, 0.25) is 0 Å². The Balaban J connectivity index is 1.70.